The number of carbonyl (C=O) groups excluding carboxylic acids is 1. The van der Waals surface area contributed by atoms with Crippen molar-refractivity contribution in [2.45, 2.75) is 53.9 Å². The molecule has 1 aliphatic carbocycles. The molecule has 0 fully saturated rings. The first-order chi connectivity index (χ1) is 12.8. The molecule has 0 N–H and O–H groups in total. The van der Waals surface area contributed by atoms with E-state index >= 15 is 0 Å². The zero-order chi connectivity index (χ0) is 19.9. The van der Waals surface area contributed by atoms with E-state index in [1.165, 1.54) is 36.0 Å². The van der Waals surface area contributed by atoms with E-state index in [0.717, 1.165) is 17.5 Å². The summed E-state index contributed by atoms with van der Waals surface area (Å²) in [5.74, 6) is 0. The molecule has 1 aromatic heterocycles. The molecule has 27 heavy (non-hydrogen) atoms. The largest absolute Gasteiger partial charge is 0.298 e. The highest BCUT2D eigenvalue weighted by Crippen LogP contribution is 2.40. The lowest BCUT2D eigenvalue weighted by atomic mass is 9.72. The first-order valence-electron chi connectivity index (χ1n) is 9.64. The molecule has 2 rings (SSSR count). The van der Waals surface area contributed by atoms with Crippen LogP contribution in [0.25, 0.3) is 12.2 Å². The van der Waals surface area contributed by atoms with Crippen molar-refractivity contribution in [3.8, 4) is 0 Å². The molecule has 0 atom stereocenters. The summed E-state index contributed by atoms with van der Waals surface area (Å²) in [5, 5.41) is 0. The average molecular weight is 362 g/mol. The molecule has 2 heteroatoms. The minimum Gasteiger partial charge on any atom is -0.298 e. The predicted octanol–water partition coefficient (Wildman–Crippen LogP) is 6.73. The molecule has 0 saturated heterocycles. The van der Waals surface area contributed by atoms with Crippen molar-refractivity contribution in [1.82, 2.24) is 4.98 Å². The van der Waals surface area contributed by atoms with Crippen LogP contribution in [-0.2, 0) is 4.79 Å². The fraction of sp³-hybridized carbons (Fsp3) is 0.360. The molecular weight excluding hydrogens is 330 g/mol. The van der Waals surface area contributed by atoms with Gasteiger partial charge in [0.2, 0.25) is 0 Å². The number of allylic oxidation sites excluding steroid dienone is 8. The second-order valence-corrected chi connectivity index (χ2v) is 8.05. The fourth-order valence-corrected chi connectivity index (χ4v) is 3.51. The van der Waals surface area contributed by atoms with Gasteiger partial charge in [-0.25, -0.2) is 0 Å². The Morgan fingerprint density at radius 3 is 2.67 bits per heavy atom. The van der Waals surface area contributed by atoms with Crippen LogP contribution in [0.4, 0.5) is 0 Å². The van der Waals surface area contributed by atoms with Crippen molar-refractivity contribution in [1.29, 1.82) is 0 Å². The van der Waals surface area contributed by atoms with Gasteiger partial charge in [0.05, 0.1) is 5.69 Å². The normalized spacial score (nSPS) is 18.6. The average Bonchev–Trinajstić information content (AvgIpc) is 2.61. The van der Waals surface area contributed by atoms with Crippen LogP contribution in [0.15, 0.2) is 64.9 Å². The lowest BCUT2D eigenvalue weighted by Crippen LogP contribution is -2.19. The molecule has 1 heterocycles. The lowest BCUT2D eigenvalue weighted by Gasteiger charge is -2.32. The second-order valence-electron chi connectivity index (χ2n) is 8.05. The van der Waals surface area contributed by atoms with Crippen LogP contribution in [0, 0.1) is 5.41 Å². The molecule has 0 amide bonds. The summed E-state index contributed by atoms with van der Waals surface area (Å²) in [4.78, 5) is 15.0. The van der Waals surface area contributed by atoms with Gasteiger partial charge in [-0.1, -0.05) is 55.4 Å². The zero-order valence-corrected chi connectivity index (χ0v) is 17.3. The van der Waals surface area contributed by atoms with Crippen molar-refractivity contribution in [2.75, 3.05) is 0 Å². The Morgan fingerprint density at radius 2 is 1.96 bits per heavy atom. The Bertz CT molecular complexity index is 832. The summed E-state index contributed by atoms with van der Waals surface area (Å²) in [6, 6.07) is 3.93. The maximum Gasteiger partial charge on any atom is 0.145 e. The van der Waals surface area contributed by atoms with Crippen molar-refractivity contribution < 1.29 is 4.79 Å². The first kappa shape index (κ1) is 20.8. The van der Waals surface area contributed by atoms with Gasteiger partial charge in [-0.05, 0) is 80.4 Å². The first-order valence-corrected chi connectivity index (χ1v) is 9.64. The van der Waals surface area contributed by atoms with Crippen LogP contribution >= 0.6 is 0 Å². The quantitative estimate of drug-likeness (QED) is 0.319. The van der Waals surface area contributed by atoms with E-state index in [4.69, 9.17) is 0 Å². The highest BCUT2D eigenvalue weighted by molar-refractivity contribution is 5.80. The lowest BCUT2D eigenvalue weighted by molar-refractivity contribution is -0.104. The summed E-state index contributed by atoms with van der Waals surface area (Å²) in [7, 11) is 0. The monoisotopic (exact) mass is 361 g/mol. The highest BCUT2D eigenvalue weighted by atomic mass is 16.1. The van der Waals surface area contributed by atoms with E-state index in [1.807, 2.05) is 12.1 Å². The number of carbonyl (C=O) groups is 1. The molecule has 1 aliphatic rings. The smallest absolute Gasteiger partial charge is 0.145 e. The SMILES string of the molecule is CC1=C(/C=C/C(C)=C/C=C/c2ccnc(/C=C(\C)C=O)c2)C(C)(C)CCC1. The second kappa shape index (κ2) is 9.45. The molecule has 0 aromatic carbocycles. The van der Waals surface area contributed by atoms with E-state index < -0.39 is 0 Å². The number of pyridine rings is 1. The Morgan fingerprint density at radius 1 is 1.19 bits per heavy atom. The van der Waals surface area contributed by atoms with Gasteiger partial charge in [0.1, 0.15) is 6.29 Å². The number of rotatable bonds is 6. The van der Waals surface area contributed by atoms with Crippen LogP contribution in [0.2, 0.25) is 0 Å². The molecule has 0 unspecified atom stereocenters. The summed E-state index contributed by atoms with van der Waals surface area (Å²) < 4.78 is 0. The van der Waals surface area contributed by atoms with Crippen LogP contribution in [0.5, 0.6) is 0 Å². The number of nitrogens with zero attached hydrogens (tertiary/aromatic N) is 1. The van der Waals surface area contributed by atoms with Gasteiger partial charge in [-0.15, -0.1) is 0 Å². The van der Waals surface area contributed by atoms with Gasteiger partial charge >= 0.3 is 0 Å². The van der Waals surface area contributed by atoms with Crippen LogP contribution in [-0.4, -0.2) is 11.3 Å². The third-order valence-corrected chi connectivity index (χ3v) is 5.07. The van der Waals surface area contributed by atoms with Gasteiger partial charge in [0.25, 0.3) is 0 Å². The summed E-state index contributed by atoms with van der Waals surface area (Å²) >= 11 is 0. The molecule has 0 saturated carbocycles. The van der Waals surface area contributed by atoms with Gasteiger partial charge < -0.3 is 0 Å². The van der Waals surface area contributed by atoms with E-state index in [9.17, 15) is 4.79 Å². The molecule has 0 aliphatic heterocycles. The zero-order valence-electron chi connectivity index (χ0n) is 17.3. The van der Waals surface area contributed by atoms with E-state index in [0.29, 0.717) is 5.57 Å². The molecule has 142 valence electrons. The molecular formula is C25H31NO. The Kier molecular flexibility index (Phi) is 7.29. The summed E-state index contributed by atoms with van der Waals surface area (Å²) in [6.45, 7) is 10.9. The van der Waals surface area contributed by atoms with Crippen molar-refractivity contribution in [3.05, 3.63) is 76.2 Å². The number of hydrogen-bond acceptors (Lipinski definition) is 2. The number of hydrogen-bond donors (Lipinski definition) is 0. The minimum atomic E-state index is 0.273. The molecule has 1 aromatic rings. The van der Waals surface area contributed by atoms with Gasteiger partial charge in [0, 0.05) is 6.20 Å². The van der Waals surface area contributed by atoms with E-state index in [-0.39, 0.29) is 5.41 Å². The van der Waals surface area contributed by atoms with Crippen molar-refractivity contribution in [3.63, 3.8) is 0 Å². The van der Waals surface area contributed by atoms with E-state index in [1.54, 1.807) is 19.2 Å². The molecule has 0 bridgehead atoms. The summed E-state index contributed by atoms with van der Waals surface area (Å²) in [5.41, 5.74) is 7.03. The molecule has 0 spiro atoms. The number of aldehydes is 1. The van der Waals surface area contributed by atoms with Gasteiger partial charge in [-0.2, -0.15) is 0 Å². The maximum atomic E-state index is 10.7. The molecule has 0 radical (unpaired) electrons. The molecule has 2 nitrogen and oxygen atoms in total. The number of aromatic nitrogens is 1. The van der Waals surface area contributed by atoms with Crippen LogP contribution in [0.1, 0.15) is 65.1 Å². The maximum absolute atomic E-state index is 10.7. The predicted molar refractivity (Wildman–Crippen MR) is 116 cm³/mol. The standard InChI is InChI=1S/C25H31NO/c1-19(11-12-24-21(3)9-7-14-25(24,4)5)8-6-10-22-13-15-26-23(17-22)16-20(2)18-27/h6,8,10-13,15-18H,7,9,14H2,1-5H3/b10-6+,12-11+,19-8+,20-16+. The highest BCUT2D eigenvalue weighted by Gasteiger charge is 2.26. The Balaban J connectivity index is 2.09. The van der Waals surface area contributed by atoms with E-state index in [2.05, 4.69) is 63.1 Å². The topological polar surface area (TPSA) is 30.0 Å². The Labute approximate surface area is 164 Å². The van der Waals surface area contributed by atoms with Gasteiger partial charge in [0.15, 0.2) is 0 Å². The third kappa shape index (κ3) is 6.32. The van der Waals surface area contributed by atoms with Crippen LogP contribution < -0.4 is 0 Å². The summed E-state index contributed by atoms with van der Waals surface area (Å²) in [6.07, 6.45) is 18.9. The third-order valence-electron chi connectivity index (χ3n) is 5.07. The fourth-order valence-electron chi connectivity index (χ4n) is 3.51. The van der Waals surface area contributed by atoms with Crippen LogP contribution in [0.3, 0.4) is 0 Å². The van der Waals surface area contributed by atoms with Crippen molar-refractivity contribution in [2.24, 2.45) is 5.41 Å². The minimum absolute atomic E-state index is 0.273. The van der Waals surface area contributed by atoms with Crippen molar-refractivity contribution >= 4 is 18.4 Å². The Hall–Kier alpha value is -2.48. The van der Waals surface area contributed by atoms with Gasteiger partial charge in [-0.3, -0.25) is 9.78 Å².